The monoisotopic (exact) mass is 239 g/mol. The molecule has 0 saturated carbocycles. The van der Waals surface area contributed by atoms with Crippen molar-refractivity contribution in [1.82, 2.24) is 4.72 Å². The first-order valence-corrected chi connectivity index (χ1v) is 6.28. The number of methoxy groups -OCH3 is 1. The molecular formula is C8H17NO5S. The van der Waals surface area contributed by atoms with Crippen molar-refractivity contribution in [3.8, 4) is 0 Å². The minimum Gasteiger partial charge on any atom is -0.469 e. The van der Waals surface area contributed by atoms with Crippen LogP contribution in [0.3, 0.4) is 0 Å². The summed E-state index contributed by atoms with van der Waals surface area (Å²) < 4.78 is 29.3. The summed E-state index contributed by atoms with van der Waals surface area (Å²) in [7, 11) is -2.32. The fraction of sp³-hybridized carbons (Fsp3) is 0.875. The fourth-order valence-corrected chi connectivity index (χ4v) is 2.18. The van der Waals surface area contributed by atoms with Gasteiger partial charge in [-0.05, 0) is 6.42 Å². The van der Waals surface area contributed by atoms with E-state index in [1.54, 1.807) is 6.92 Å². The van der Waals surface area contributed by atoms with E-state index in [1.165, 1.54) is 7.11 Å². The lowest BCUT2D eigenvalue weighted by Crippen LogP contribution is -2.38. The maximum absolute atomic E-state index is 11.3. The molecule has 0 amide bonds. The SMILES string of the molecule is CC[C@@H](CO)NS(=O)(=O)CCC(=O)OC. The van der Waals surface area contributed by atoms with Gasteiger partial charge in [0.25, 0.3) is 0 Å². The van der Waals surface area contributed by atoms with E-state index >= 15 is 0 Å². The highest BCUT2D eigenvalue weighted by molar-refractivity contribution is 7.89. The van der Waals surface area contributed by atoms with Crippen molar-refractivity contribution >= 4 is 16.0 Å². The molecular weight excluding hydrogens is 222 g/mol. The first-order chi connectivity index (χ1) is 6.95. The summed E-state index contributed by atoms with van der Waals surface area (Å²) >= 11 is 0. The molecule has 7 heteroatoms. The smallest absolute Gasteiger partial charge is 0.306 e. The molecule has 0 radical (unpaired) electrons. The van der Waals surface area contributed by atoms with Gasteiger partial charge in [0.2, 0.25) is 10.0 Å². The van der Waals surface area contributed by atoms with E-state index in [9.17, 15) is 13.2 Å². The molecule has 0 aromatic heterocycles. The number of carbonyl (C=O) groups is 1. The normalized spacial score (nSPS) is 13.5. The maximum Gasteiger partial charge on any atom is 0.306 e. The lowest BCUT2D eigenvalue weighted by atomic mass is 10.3. The quantitative estimate of drug-likeness (QED) is 0.570. The van der Waals surface area contributed by atoms with Crippen molar-refractivity contribution in [2.75, 3.05) is 19.5 Å². The number of ether oxygens (including phenoxy) is 1. The Labute approximate surface area is 89.7 Å². The highest BCUT2D eigenvalue weighted by Crippen LogP contribution is 1.97. The van der Waals surface area contributed by atoms with E-state index in [0.29, 0.717) is 6.42 Å². The third-order valence-corrected chi connectivity index (χ3v) is 3.30. The van der Waals surface area contributed by atoms with Crippen LogP contribution in [0.5, 0.6) is 0 Å². The molecule has 0 aromatic rings. The Balaban J connectivity index is 4.13. The van der Waals surface area contributed by atoms with Crippen molar-refractivity contribution in [3.63, 3.8) is 0 Å². The Morgan fingerprint density at radius 2 is 2.13 bits per heavy atom. The lowest BCUT2D eigenvalue weighted by molar-refractivity contribution is -0.140. The molecule has 0 bridgehead atoms. The summed E-state index contributed by atoms with van der Waals surface area (Å²) in [5.74, 6) is -0.895. The second-order valence-corrected chi connectivity index (χ2v) is 4.92. The van der Waals surface area contributed by atoms with Crippen LogP contribution in [0.25, 0.3) is 0 Å². The van der Waals surface area contributed by atoms with Gasteiger partial charge in [-0.25, -0.2) is 13.1 Å². The van der Waals surface area contributed by atoms with E-state index < -0.39 is 22.0 Å². The van der Waals surface area contributed by atoms with E-state index in [2.05, 4.69) is 9.46 Å². The van der Waals surface area contributed by atoms with Crippen LogP contribution in [0.4, 0.5) is 0 Å². The van der Waals surface area contributed by atoms with Crippen LogP contribution < -0.4 is 4.72 Å². The molecule has 0 aliphatic heterocycles. The summed E-state index contributed by atoms with van der Waals surface area (Å²) in [5.41, 5.74) is 0. The number of hydrogen-bond donors (Lipinski definition) is 2. The number of hydrogen-bond acceptors (Lipinski definition) is 5. The molecule has 0 fully saturated rings. The predicted molar refractivity (Wildman–Crippen MR) is 54.7 cm³/mol. The second kappa shape index (κ2) is 6.76. The zero-order chi connectivity index (χ0) is 11.9. The molecule has 0 saturated heterocycles. The number of aliphatic hydroxyl groups excluding tert-OH is 1. The van der Waals surface area contributed by atoms with E-state index in [1.807, 2.05) is 0 Å². The van der Waals surface area contributed by atoms with E-state index in [-0.39, 0.29) is 18.8 Å². The average Bonchev–Trinajstić information content (AvgIpc) is 2.22. The fourth-order valence-electron chi connectivity index (χ4n) is 0.882. The number of aliphatic hydroxyl groups is 1. The van der Waals surface area contributed by atoms with Gasteiger partial charge in [0.05, 0.1) is 25.9 Å². The number of esters is 1. The van der Waals surface area contributed by atoms with Crippen LogP contribution >= 0.6 is 0 Å². The third-order valence-electron chi connectivity index (χ3n) is 1.86. The lowest BCUT2D eigenvalue weighted by Gasteiger charge is -2.13. The number of nitrogens with one attached hydrogen (secondary N) is 1. The minimum atomic E-state index is -3.52. The molecule has 1 atom stereocenters. The summed E-state index contributed by atoms with van der Waals surface area (Å²) in [6.45, 7) is 1.50. The molecule has 90 valence electrons. The van der Waals surface area contributed by atoms with Gasteiger partial charge in [0.1, 0.15) is 0 Å². The second-order valence-electron chi connectivity index (χ2n) is 3.05. The average molecular weight is 239 g/mol. The van der Waals surface area contributed by atoms with Crippen LogP contribution in [0.1, 0.15) is 19.8 Å². The first-order valence-electron chi connectivity index (χ1n) is 4.62. The molecule has 0 aromatic carbocycles. The zero-order valence-corrected chi connectivity index (χ0v) is 9.71. The number of carbonyl (C=O) groups excluding carboxylic acids is 1. The largest absolute Gasteiger partial charge is 0.469 e. The molecule has 6 nitrogen and oxygen atoms in total. The summed E-state index contributed by atoms with van der Waals surface area (Å²) in [6, 6.07) is -0.493. The number of sulfonamides is 1. The van der Waals surface area contributed by atoms with Gasteiger partial charge >= 0.3 is 5.97 Å². The maximum atomic E-state index is 11.3. The van der Waals surface area contributed by atoms with Gasteiger partial charge in [0, 0.05) is 6.04 Å². The Bertz CT molecular complexity index is 283. The molecule has 15 heavy (non-hydrogen) atoms. The molecule has 2 N–H and O–H groups in total. The predicted octanol–water partition coefficient (Wildman–Crippen LogP) is -0.760. The summed E-state index contributed by atoms with van der Waals surface area (Å²) in [6.07, 6.45) is 0.307. The van der Waals surface area contributed by atoms with Crippen LogP contribution in [0, 0.1) is 0 Å². The Kier molecular flexibility index (Phi) is 6.46. The molecule has 0 unspecified atom stereocenters. The molecule has 0 aliphatic carbocycles. The highest BCUT2D eigenvalue weighted by Gasteiger charge is 2.17. The minimum absolute atomic E-state index is 0.187. The van der Waals surface area contributed by atoms with Crippen molar-refractivity contribution in [1.29, 1.82) is 0 Å². The molecule has 0 heterocycles. The van der Waals surface area contributed by atoms with E-state index in [0.717, 1.165) is 0 Å². The summed E-state index contributed by atoms with van der Waals surface area (Å²) in [4.78, 5) is 10.7. The van der Waals surface area contributed by atoms with Crippen LogP contribution in [0.15, 0.2) is 0 Å². The summed E-state index contributed by atoms with van der Waals surface area (Å²) in [5, 5.41) is 8.79. The van der Waals surface area contributed by atoms with Crippen molar-refractivity contribution in [3.05, 3.63) is 0 Å². The van der Waals surface area contributed by atoms with Gasteiger partial charge in [-0.2, -0.15) is 0 Å². The standard InChI is InChI=1S/C8H17NO5S/c1-3-7(6-10)9-15(12,13)5-4-8(11)14-2/h7,9-10H,3-6H2,1-2H3/t7-/m0/s1. The van der Waals surface area contributed by atoms with Gasteiger partial charge in [0.15, 0.2) is 0 Å². The molecule has 0 aliphatic rings. The Morgan fingerprint density at radius 3 is 2.53 bits per heavy atom. The topological polar surface area (TPSA) is 92.7 Å². The van der Waals surface area contributed by atoms with Crippen molar-refractivity contribution < 1.29 is 23.1 Å². The molecule has 0 rings (SSSR count). The van der Waals surface area contributed by atoms with Gasteiger partial charge < -0.3 is 9.84 Å². The van der Waals surface area contributed by atoms with Crippen LogP contribution in [0.2, 0.25) is 0 Å². The Hall–Kier alpha value is -0.660. The van der Waals surface area contributed by atoms with Crippen molar-refractivity contribution in [2.24, 2.45) is 0 Å². The van der Waals surface area contributed by atoms with Gasteiger partial charge in [-0.1, -0.05) is 6.92 Å². The Morgan fingerprint density at radius 1 is 1.53 bits per heavy atom. The van der Waals surface area contributed by atoms with Gasteiger partial charge in [-0.15, -0.1) is 0 Å². The zero-order valence-electron chi connectivity index (χ0n) is 8.89. The third kappa shape index (κ3) is 6.43. The van der Waals surface area contributed by atoms with Gasteiger partial charge in [-0.3, -0.25) is 4.79 Å². The first kappa shape index (κ1) is 14.3. The van der Waals surface area contributed by atoms with E-state index in [4.69, 9.17) is 5.11 Å². The van der Waals surface area contributed by atoms with Crippen LogP contribution in [-0.2, 0) is 19.6 Å². The van der Waals surface area contributed by atoms with Crippen LogP contribution in [-0.4, -0.2) is 45.0 Å². The number of rotatable bonds is 7. The van der Waals surface area contributed by atoms with Crippen molar-refractivity contribution in [2.45, 2.75) is 25.8 Å². The highest BCUT2D eigenvalue weighted by atomic mass is 32.2. The molecule has 0 spiro atoms.